The summed E-state index contributed by atoms with van der Waals surface area (Å²) in [6.07, 6.45) is 2.88. The second-order valence-electron chi connectivity index (χ2n) is 5.26. The molecule has 1 aliphatic heterocycles. The Kier molecular flexibility index (Phi) is 3.04. The van der Waals surface area contributed by atoms with E-state index in [9.17, 15) is 4.79 Å². The SMILES string of the molecule is O=C(NC1CCNC1)C1(c2cccc(Cl)c2)CC1. The zero-order valence-corrected chi connectivity index (χ0v) is 11.0. The number of amides is 1. The van der Waals surface area contributed by atoms with Crippen LogP contribution in [0.4, 0.5) is 0 Å². The first-order valence-electron chi connectivity index (χ1n) is 6.48. The highest BCUT2D eigenvalue weighted by Crippen LogP contribution is 2.48. The third-order valence-electron chi connectivity index (χ3n) is 3.96. The summed E-state index contributed by atoms with van der Waals surface area (Å²) < 4.78 is 0. The van der Waals surface area contributed by atoms with Gasteiger partial charge in [-0.15, -0.1) is 0 Å². The second kappa shape index (κ2) is 4.56. The van der Waals surface area contributed by atoms with Crippen molar-refractivity contribution in [2.45, 2.75) is 30.7 Å². The molecule has 3 nitrogen and oxygen atoms in total. The average molecular weight is 265 g/mol. The third kappa shape index (κ3) is 2.13. The van der Waals surface area contributed by atoms with E-state index >= 15 is 0 Å². The molecule has 3 rings (SSSR count). The van der Waals surface area contributed by atoms with Crippen LogP contribution in [-0.4, -0.2) is 25.0 Å². The lowest BCUT2D eigenvalue weighted by atomic mass is 9.94. The summed E-state index contributed by atoms with van der Waals surface area (Å²) in [5.41, 5.74) is 0.742. The second-order valence-corrected chi connectivity index (χ2v) is 5.69. The van der Waals surface area contributed by atoms with Gasteiger partial charge in [0.05, 0.1) is 5.41 Å². The lowest BCUT2D eigenvalue weighted by Crippen LogP contribution is -2.42. The van der Waals surface area contributed by atoms with Crippen molar-refractivity contribution in [2.75, 3.05) is 13.1 Å². The van der Waals surface area contributed by atoms with Gasteiger partial charge in [-0.1, -0.05) is 23.7 Å². The number of rotatable bonds is 3. The highest BCUT2D eigenvalue weighted by atomic mass is 35.5. The van der Waals surface area contributed by atoms with Gasteiger partial charge in [0.2, 0.25) is 5.91 Å². The molecule has 4 heteroatoms. The quantitative estimate of drug-likeness (QED) is 0.875. The zero-order chi connectivity index (χ0) is 12.6. The van der Waals surface area contributed by atoms with Crippen LogP contribution in [0.25, 0.3) is 0 Å². The van der Waals surface area contributed by atoms with E-state index in [1.54, 1.807) is 0 Å². The number of carbonyl (C=O) groups excluding carboxylic acids is 1. The van der Waals surface area contributed by atoms with E-state index in [1.165, 1.54) is 0 Å². The van der Waals surface area contributed by atoms with Crippen LogP contribution in [0.15, 0.2) is 24.3 Å². The topological polar surface area (TPSA) is 41.1 Å². The van der Waals surface area contributed by atoms with E-state index in [0.29, 0.717) is 5.02 Å². The minimum Gasteiger partial charge on any atom is -0.351 e. The molecule has 2 N–H and O–H groups in total. The maximum absolute atomic E-state index is 12.4. The highest BCUT2D eigenvalue weighted by Gasteiger charge is 2.51. The number of halogens is 1. The van der Waals surface area contributed by atoms with Crippen LogP contribution in [0, 0.1) is 0 Å². The minimum absolute atomic E-state index is 0.165. The molecular weight excluding hydrogens is 248 g/mol. The largest absolute Gasteiger partial charge is 0.351 e. The molecule has 1 saturated heterocycles. The minimum atomic E-state index is -0.312. The summed E-state index contributed by atoms with van der Waals surface area (Å²) in [7, 11) is 0. The standard InChI is InChI=1S/C14H17ClN2O/c15-11-3-1-2-10(8-11)14(5-6-14)13(18)17-12-4-7-16-9-12/h1-3,8,12,16H,4-7,9H2,(H,17,18). The molecule has 1 aromatic rings. The molecule has 2 fully saturated rings. The summed E-state index contributed by atoms with van der Waals surface area (Å²) in [5.74, 6) is 0.165. The summed E-state index contributed by atoms with van der Waals surface area (Å²) in [6, 6.07) is 7.98. The van der Waals surface area contributed by atoms with E-state index < -0.39 is 0 Å². The van der Waals surface area contributed by atoms with Crippen LogP contribution in [0.5, 0.6) is 0 Å². The highest BCUT2D eigenvalue weighted by molar-refractivity contribution is 6.30. The summed E-state index contributed by atoms with van der Waals surface area (Å²) >= 11 is 6.01. The molecule has 0 radical (unpaired) electrons. The van der Waals surface area contributed by atoms with Crippen molar-refractivity contribution in [3.63, 3.8) is 0 Å². The number of benzene rings is 1. The molecule has 1 atom stereocenters. The van der Waals surface area contributed by atoms with Gasteiger partial charge in [-0.3, -0.25) is 4.79 Å². The first-order chi connectivity index (χ1) is 8.71. The molecule has 1 heterocycles. The van der Waals surface area contributed by atoms with Gasteiger partial charge >= 0.3 is 0 Å². The zero-order valence-electron chi connectivity index (χ0n) is 10.2. The summed E-state index contributed by atoms with van der Waals surface area (Å²) in [5, 5.41) is 7.12. The first-order valence-corrected chi connectivity index (χ1v) is 6.86. The van der Waals surface area contributed by atoms with E-state index in [-0.39, 0.29) is 17.4 Å². The molecule has 1 aliphatic carbocycles. The van der Waals surface area contributed by atoms with Crippen molar-refractivity contribution in [1.29, 1.82) is 0 Å². The van der Waals surface area contributed by atoms with Crippen LogP contribution in [0.2, 0.25) is 5.02 Å². The Morgan fingerprint density at radius 2 is 2.28 bits per heavy atom. The van der Waals surface area contributed by atoms with Crippen molar-refractivity contribution < 1.29 is 4.79 Å². The molecule has 1 amide bonds. The van der Waals surface area contributed by atoms with Crippen molar-refractivity contribution in [3.8, 4) is 0 Å². The van der Waals surface area contributed by atoms with Crippen molar-refractivity contribution in [3.05, 3.63) is 34.9 Å². The van der Waals surface area contributed by atoms with Crippen LogP contribution in [0.3, 0.4) is 0 Å². The van der Waals surface area contributed by atoms with E-state index in [0.717, 1.165) is 37.9 Å². The van der Waals surface area contributed by atoms with E-state index in [2.05, 4.69) is 10.6 Å². The number of nitrogens with one attached hydrogen (secondary N) is 2. The van der Waals surface area contributed by atoms with Crippen LogP contribution in [-0.2, 0) is 10.2 Å². The Balaban J connectivity index is 1.75. The van der Waals surface area contributed by atoms with Crippen molar-refractivity contribution in [1.82, 2.24) is 10.6 Å². The molecule has 2 aliphatic rings. The van der Waals surface area contributed by atoms with Gasteiger partial charge in [-0.25, -0.2) is 0 Å². The van der Waals surface area contributed by atoms with Gasteiger partial charge in [-0.05, 0) is 43.5 Å². The van der Waals surface area contributed by atoms with E-state index in [4.69, 9.17) is 11.6 Å². The van der Waals surface area contributed by atoms with Gasteiger partial charge < -0.3 is 10.6 Å². The Morgan fingerprint density at radius 3 is 2.89 bits per heavy atom. The average Bonchev–Trinajstić information content (AvgIpc) is 3.03. The fourth-order valence-corrected chi connectivity index (χ4v) is 2.85. The molecule has 1 aromatic carbocycles. The predicted octanol–water partition coefficient (Wildman–Crippen LogP) is 1.85. The van der Waals surface area contributed by atoms with Gasteiger partial charge in [0.25, 0.3) is 0 Å². The Bertz CT molecular complexity index is 465. The molecule has 0 spiro atoms. The number of carbonyl (C=O) groups is 1. The fourth-order valence-electron chi connectivity index (χ4n) is 2.66. The van der Waals surface area contributed by atoms with Crippen molar-refractivity contribution >= 4 is 17.5 Å². The maximum Gasteiger partial charge on any atom is 0.230 e. The fraction of sp³-hybridized carbons (Fsp3) is 0.500. The number of hydrogen-bond acceptors (Lipinski definition) is 2. The summed E-state index contributed by atoms with van der Waals surface area (Å²) in [4.78, 5) is 12.4. The van der Waals surface area contributed by atoms with E-state index in [1.807, 2.05) is 24.3 Å². The molecule has 1 unspecified atom stereocenters. The predicted molar refractivity (Wildman–Crippen MR) is 71.8 cm³/mol. The van der Waals surface area contributed by atoms with Crippen LogP contribution < -0.4 is 10.6 Å². The van der Waals surface area contributed by atoms with Crippen molar-refractivity contribution in [2.24, 2.45) is 0 Å². The lowest BCUT2D eigenvalue weighted by Gasteiger charge is -2.19. The Hall–Kier alpha value is -1.06. The molecule has 96 valence electrons. The Morgan fingerprint density at radius 1 is 1.44 bits per heavy atom. The maximum atomic E-state index is 12.4. The van der Waals surface area contributed by atoms with Crippen LogP contribution in [0.1, 0.15) is 24.8 Å². The van der Waals surface area contributed by atoms with Gasteiger partial charge in [0.15, 0.2) is 0 Å². The number of hydrogen-bond donors (Lipinski definition) is 2. The normalized spacial score (nSPS) is 24.8. The molecule has 1 saturated carbocycles. The monoisotopic (exact) mass is 264 g/mol. The molecule has 0 bridgehead atoms. The lowest BCUT2D eigenvalue weighted by molar-refractivity contribution is -0.124. The first kappa shape index (κ1) is 12.0. The molecular formula is C14H17ClN2O. The molecule has 18 heavy (non-hydrogen) atoms. The summed E-state index contributed by atoms with van der Waals surface area (Å²) in [6.45, 7) is 1.88. The Labute approximate surface area is 112 Å². The third-order valence-corrected chi connectivity index (χ3v) is 4.19. The van der Waals surface area contributed by atoms with Gasteiger partial charge in [0, 0.05) is 17.6 Å². The van der Waals surface area contributed by atoms with Gasteiger partial charge in [-0.2, -0.15) is 0 Å². The molecule has 0 aromatic heterocycles. The van der Waals surface area contributed by atoms with Gasteiger partial charge in [0.1, 0.15) is 0 Å². The smallest absolute Gasteiger partial charge is 0.230 e. The van der Waals surface area contributed by atoms with Crippen LogP contribution >= 0.6 is 11.6 Å².